The van der Waals surface area contributed by atoms with Gasteiger partial charge in [-0.25, -0.2) is 4.39 Å². The Morgan fingerprint density at radius 3 is 2.79 bits per heavy atom. The van der Waals surface area contributed by atoms with E-state index < -0.39 is 6.17 Å². The summed E-state index contributed by atoms with van der Waals surface area (Å²) in [4.78, 5) is 14.8. The highest BCUT2D eigenvalue weighted by atomic mass is 19.1. The second kappa shape index (κ2) is 8.43. The number of alkyl halides is 1. The third-order valence-corrected chi connectivity index (χ3v) is 6.35. The topological polar surface area (TPSA) is 50.2 Å². The van der Waals surface area contributed by atoms with Crippen LogP contribution in [0.5, 0.6) is 0 Å². The van der Waals surface area contributed by atoms with Gasteiger partial charge in [0, 0.05) is 44.8 Å². The van der Waals surface area contributed by atoms with Crippen molar-refractivity contribution in [2.75, 3.05) is 13.1 Å². The number of likely N-dealkylation sites (tertiary alicyclic amines) is 1. The van der Waals surface area contributed by atoms with Crippen molar-refractivity contribution in [3.05, 3.63) is 53.9 Å². The number of carbonyl (C=O) groups excluding carboxylic acids is 1. The van der Waals surface area contributed by atoms with E-state index in [1.54, 1.807) is 6.20 Å². The van der Waals surface area contributed by atoms with Gasteiger partial charge in [-0.1, -0.05) is 30.3 Å². The lowest BCUT2D eigenvalue weighted by molar-refractivity contribution is -0.125. The van der Waals surface area contributed by atoms with Crippen LogP contribution in [0.15, 0.2) is 42.6 Å². The maximum absolute atomic E-state index is 14.0. The maximum Gasteiger partial charge on any atom is 0.223 e. The van der Waals surface area contributed by atoms with Gasteiger partial charge in [-0.15, -0.1) is 0 Å². The van der Waals surface area contributed by atoms with Crippen LogP contribution in [0.2, 0.25) is 0 Å². The van der Waals surface area contributed by atoms with Crippen LogP contribution in [0, 0.1) is 5.92 Å². The van der Waals surface area contributed by atoms with Crippen molar-refractivity contribution in [3.63, 3.8) is 0 Å². The van der Waals surface area contributed by atoms with Gasteiger partial charge in [0.05, 0.1) is 5.69 Å². The van der Waals surface area contributed by atoms with Crippen LogP contribution in [0.3, 0.4) is 0 Å². The molecule has 1 amide bonds. The molecule has 6 heteroatoms. The van der Waals surface area contributed by atoms with Gasteiger partial charge in [-0.2, -0.15) is 5.10 Å². The number of carbonyl (C=O) groups is 1. The fourth-order valence-corrected chi connectivity index (χ4v) is 4.70. The predicted molar refractivity (Wildman–Crippen MR) is 106 cm³/mol. The lowest BCUT2D eigenvalue weighted by Gasteiger charge is -2.24. The smallest absolute Gasteiger partial charge is 0.223 e. The SMILES string of the molecule is Cn1nccc1CN1C[C@@H](F)C[C@H]1CNC(=O)[C@@H]1CC[C@@H](c2ccccc2)C1. The van der Waals surface area contributed by atoms with Gasteiger partial charge >= 0.3 is 0 Å². The molecule has 1 aromatic heterocycles. The molecule has 1 aliphatic carbocycles. The Bertz CT molecular complexity index is 793. The Labute approximate surface area is 165 Å². The Balaban J connectivity index is 1.29. The molecule has 4 atom stereocenters. The highest BCUT2D eigenvalue weighted by Gasteiger charge is 2.34. The molecule has 1 aromatic carbocycles. The van der Waals surface area contributed by atoms with Crippen molar-refractivity contribution < 1.29 is 9.18 Å². The second-order valence-corrected chi connectivity index (χ2v) is 8.23. The molecule has 0 bridgehead atoms. The number of aromatic nitrogens is 2. The molecule has 0 unspecified atom stereocenters. The van der Waals surface area contributed by atoms with Crippen LogP contribution in [0.1, 0.15) is 42.9 Å². The van der Waals surface area contributed by atoms with Crippen LogP contribution >= 0.6 is 0 Å². The first-order valence-electron chi connectivity index (χ1n) is 10.3. The Kier molecular flexibility index (Phi) is 5.76. The molecule has 5 nitrogen and oxygen atoms in total. The van der Waals surface area contributed by atoms with E-state index >= 15 is 0 Å². The maximum atomic E-state index is 14.0. The molecule has 4 rings (SSSR count). The number of nitrogens with one attached hydrogen (secondary N) is 1. The Morgan fingerprint density at radius 1 is 1.21 bits per heavy atom. The van der Waals surface area contributed by atoms with Crippen molar-refractivity contribution in [2.24, 2.45) is 13.0 Å². The molecular formula is C22H29FN4O. The fourth-order valence-electron chi connectivity index (χ4n) is 4.70. The zero-order chi connectivity index (χ0) is 19.5. The normalized spacial score (nSPS) is 27.9. The van der Waals surface area contributed by atoms with E-state index in [4.69, 9.17) is 0 Å². The van der Waals surface area contributed by atoms with Crippen LogP contribution in [0.25, 0.3) is 0 Å². The minimum Gasteiger partial charge on any atom is -0.354 e. The van der Waals surface area contributed by atoms with E-state index in [2.05, 4.69) is 39.6 Å². The zero-order valence-corrected chi connectivity index (χ0v) is 16.4. The van der Waals surface area contributed by atoms with Crippen molar-refractivity contribution in [3.8, 4) is 0 Å². The fraction of sp³-hybridized carbons (Fsp3) is 0.545. The minimum atomic E-state index is -0.830. The highest BCUT2D eigenvalue weighted by molar-refractivity contribution is 5.79. The van der Waals surface area contributed by atoms with Crippen molar-refractivity contribution in [1.82, 2.24) is 20.0 Å². The molecule has 28 heavy (non-hydrogen) atoms. The average Bonchev–Trinajstić information content (AvgIpc) is 3.42. The number of hydrogen-bond donors (Lipinski definition) is 1. The summed E-state index contributed by atoms with van der Waals surface area (Å²) in [5.74, 6) is 0.666. The Morgan fingerprint density at radius 2 is 2.04 bits per heavy atom. The average molecular weight is 384 g/mol. The number of aryl methyl sites for hydroxylation is 1. The van der Waals surface area contributed by atoms with Gasteiger partial charge in [-0.3, -0.25) is 14.4 Å². The zero-order valence-electron chi connectivity index (χ0n) is 16.4. The molecule has 2 aromatic rings. The number of hydrogen-bond acceptors (Lipinski definition) is 3. The first-order valence-corrected chi connectivity index (χ1v) is 10.3. The molecule has 2 aliphatic rings. The van der Waals surface area contributed by atoms with E-state index in [1.165, 1.54) is 5.56 Å². The molecule has 2 fully saturated rings. The Hall–Kier alpha value is -2.21. The van der Waals surface area contributed by atoms with Gasteiger partial charge in [-0.05, 0) is 43.2 Å². The lowest BCUT2D eigenvalue weighted by atomic mass is 9.96. The summed E-state index contributed by atoms with van der Waals surface area (Å²) in [7, 11) is 1.90. The van der Waals surface area contributed by atoms with Gasteiger partial charge in [0.25, 0.3) is 0 Å². The molecule has 1 N–H and O–H groups in total. The van der Waals surface area contributed by atoms with Gasteiger partial charge in [0.1, 0.15) is 6.17 Å². The molecule has 1 saturated carbocycles. The van der Waals surface area contributed by atoms with E-state index in [0.29, 0.717) is 32.0 Å². The lowest BCUT2D eigenvalue weighted by Crippen LogP contribution is -2.41. The summed E-state index contributed by atoms with van der Waals surface area (Å²) in [5, 5.41) is 7.30. The summed E-state index contributed by atoms with van der Waals surface area (Å²) >= 11 is 0. The van der Waals surface area contributed by atoms with Gasteiger partial charge in [0.15, 0.2) is 0 Å². The number of nitrogens with zero attached hydrogens (tertiary/aromatic N) is 3. The van der Waals surface area contributed by atoms with Crippen LogP contribution < -0.4 is 5.32 Å². The van der Waals surface area contributed by atoms with Crippen LogP contribution in [0.4, 0.5) is 4.39 Å². The number of halogens is 1. The van der Waals surface area contributed by atoms with Crippen molar-refractivity contribution in [1.29, 1.82) is 0 Å². The van der Waals surface area contributed by atoms with Crippen molar-refractivity contribution >= 4 is 5.91 Å². The second-order valence-electron chi connectivity index (χ2n) is 8.23. The molecule has 1 aliphatic heterocycles. The summed E-state index contributed by atoms with van der Waals surface area (Å²) in [6.45, 7) is 1.60. The number of rotatable bonds is 6. The minimum absolute atomic E-state index is 0.0418. The van der Waals surface area contributed by atoms with Crippen LogP contribution in [-0.4, -0.2) is 45.9 Å². The molecule has 0 spiro atoms. The monoisotopic (exact) mass is 384 g/mol. The summed E-state index contributed by atoms with van der Waals surface area (Å²) < 4.78 is 15.9. The predicted octanol–water partition coefficient (Wildman–Crippen LogP) is 3.03. The van der Waals surface area contributed by atoms with Crippen LogP contribution in [-0.2, 0) is 18.4 Å². The molecule has 1 saturated heterocycles. The number of benzene rings is 1. The van der Waals surface area contributed by atoms with E-state index in [9.17, 15) is 9.18 Å². The highest BCUT2D eigenvalue weighted by Crippen LogP contribution is 2.38. The van der Waals surface area contributed by atoms with Gasteiger partial charge < -0.3 is 5.32 Å². The number of amides is 1. The molecule has 150 valence electrons. The summed E-state index contributed by atoms with van der Waals surface area (Å²) in [6, 6.07) is 12.5. The van der Waals surface area contributed by atoms with E-state index in [1.807, 2.05) is 23.9 Å². The third kappa shape index (κ3) is 4.27. The van der Waals surface area contributed by atoms with E-state index in [-0.39, 0.29) is 17.9 Å². The summed E-state index contributed by atoms with van der Waals surface area (Å²) in [6.07, 6.45) is 4.31. The first kappa shape index (κ1) is 19.1. The first-order chi connectivity index (χ1) is 13.6. The largest absolute Gasteiger partial charge is 0.354 e. The summed E-state index contributed by atoms with van der Waals surface area (Å²) in [5.41, 5.74) is 2.39. The third-order valence-electron chi connectivity index (χ3n) is 6.35. The molecular weight excluding hydrogens is 355 g/mol. The quantitative estimate of drug-likeness (QED) is 0.833. The van der Waals surface area contributed by atoms with E-state index in [0.717, 1.165) is 25.0 Å². The van der Waals surface area contributed by atoms with Crippen molar-refractivity contribution in [2.45, 2.75) is 50.4 Å². The standard InChI is InChI=1S/C22H29FN4O/c1-26-20(9-10-25-26)15-27-14-19(23)12-21(27)13-24-22(28)18-8-7-17(11-18)16-5-3-2-4-6-16/h2-6,9-10,17-19,21H,7-8,11-15H2,1H3,(H,24,28)/t17-,18-,19+,21+/m1/s1. The van der Waals surface area contributed by atoms with Gasteiger partial charge in [0.2, 0.25) is 5.91 Å². The molecule has 0 radical (unpaired) electrons. The molecule has 2 heterocycles.